The lowest BCUT2D eigenvalue weighted by molar-refractivity contribution is 0.701. The second-order valence-electron chi connectivity index (χ2n) is 5.29. The Kier molecular flexibility index (Phi) is 6.93. The van der Waals surface area contributed by atoms with Gasteiger partial charge in [-0.25, -0.2) is 0 Å². The predicted octanol–water partition coefficient (Wildman–Crippen LogP) is 3.57. The molecule has 0 radical (unpaired) electrons. The second-order valence-corrected chi connectivity index (χ2v) is 7.52. The SMILES string of the molecule is CC(C)C[S+](CC(C)C)CC(C)C. The van der Waals surface area contributed by atoms with Crippen molar-refractivity contribution < 1.29 is 0 Å². The molecule has 0 aliphatic carbocycles. The molecule has 0 N–H and O–H groups in total. The van der Waals surface area contributed by atoms with Crippen LogP contribution >= 0.6 is 0 Å². The van der Waals surface area contributed by atoms with E-state index in [0.717, 1.165) is 17.8 Å². The summed E-state index contributed by atoms with van der Waals surface area (Å²) in [5.74, 6) is 6.95. The van der Waals surface area contributed by atoms with E-state index in [2.05, 4.69) is 41.5 Å². The van der Waals surface area contributed by atoms with E-state index in [-0.39, 0.29) is 0 Å². The lowest BCUT2D eigenvalue weighted by atomic mass is 10.3. The van der Waals surface area contributed by atoms with Gasteiger partial charge in [0.25, 0.3) is 0 Å². The molecule has 0 aromatic carbocycles. The smallest absolute Gasteiger partial charge is 0.0583 e. The van der Waals surface area contributed by atoms with E-state index >= 15 is 0 Å². The van der Waals surface area contributed by atoms with Crippen LogP contribution in [0.3, 0.4) is 0 Å². The molecule has 0 rings (SSSR count). The van der Waals surface area contributed by atoms with Crippen LogP contribution in [0.25, 0.3) is 0 Å². The van der Waals surface area contributed by atoms with Gasteiger partial charge in [0.15, 0.2) is 0 Å². The molecular weight excluding hydrogens is 176 g/mol. The lowest BCUT2D eigenvalue weighted by Crippen LogP contribution is -2.25. The quantitative estimate of drug-likeness (QED) is 0.579. The van der Waals surface area contributed by atoms with Crippen LogP contribution in [0.2, 0.25) is 0 Å². The van der Waals surface area contributed by atoms with Crippen LogP contribution in [0.1, 0.15) is 41.5 Å². The Morgan fingerprint density at radius 2 is 0.846 bits per heavy atom. The van der Waals surface area contributed by atoms with Gasteiger partial charge in [0.1, 0.15) is 17.3 Å². The van der Waals surface area contributed by atoms with Crippen molar-refractivity contribution >= 4 is 10.9 Å². The van der Waals surface area contributed by atoms with E-state index in [1.54, 1.807) is 0 Å². The molecule has 80 valence electrons. The fraction of sp³-hybridized carbons (Fsp3) is 1.00. The minimum atomic E-state index is 0.685. The first kappa shape index (κ1) is 13.4. The highest BCUT2D eigenvalue weighted by Crippen LogP contribution is 2.13. The van der Waals surface area contributed by atoms with Gasteiger partial charge in [-0.1, -0.05) is 41.5 Å². The molecule has 0 bridgehead atoms. The first-order valence-electron chi connectivity index (χ1n) is 5.55. The molecular formula is C12H27S+. The van der Waals surface area contributed by atoms with Gasteiger partial charge >= 0.3 is 0 Å². The zero-order valence-electron chi connectivity index (χ0n) is 10.3. The maximum absolute atomic E-state index is 2.35. The zero-order chi connectivity index (χ0) is 10.4. The summed E-state index contributed by atoms with van der Waals surface area (Å²) in [6.45, 7) is 14.1. The Morgan fingerprint density at radius 1 is 0.615 bits per heavy atom. The molecule has 13 heavy (non-hydrogen) atoms. The van der Waals surface area contributed by atoms with E-state index in [4.69, 9.17) is 0 Å². The summed E-state index contributed by atoms with van der Waals surface area (Å²) in [7, 11) is 0.685. The number of rotatable bonds is 6. The molecule has 0 amide bonds. The number of hydrogen-bond acceptors (Lipinski definition) is 0. The minimum Gasteiger partial charge on any atom is -0.0583 e. The van der Waals surface area contributed by atoms with Gasteiger partial charge in [0.2, 0.25) is 0 Å². The third-order valence-corrected chi connectivity index (χ3v) is 5.12. The fourth-order valence-electron chi connectivity index (χ4n) is 1.62. The van der Waals surface area contributed by atoms with Crippen molar-refractivity contribution in [3.8, 4) is 0 Å². The summed E-state index contributed by atoms with van der Waals surface area (Å²) in [6.07, 6.45) is 0. The molecule has 0 spiro atoms. The monoisotopic (exact) mass is 203 g/mol. The van der Waals surface area contributed by atoms with Crippen molar-refractivity contribution in [2.45, 2.75) is 41.5 Å². The Hall–Kier alpha value is 0.350. The molecule has 0 atom stereocenters. The maximum atomic E-state index is 2.35. The summed E-state index contributed by atoms with van der Waals surface area (Å²) < 4.78 is 0. The van der Waals surface area contributed by atoms with E-state index in [9.17, 15) is 0 Å². The van der Waals surface area contributed by atoms with Gasteiger partial charge in [-0.2, -0.15) is 0 Å². The van der Waals surface area contributed by atoms with Crippen LogP contribution in [0.4, 0.5) is 0 Å². The average molecular weight is 203 g/mol. The summed E-state index contributed by atoms with van der Waals surface area (Å²) >= 11 is 0. The average Bonchev–Trinajstić information content (AvgIpc) is 1.80. The highest BCUT2D eigenvalue weighted by atomic mass is 32.2. The first-order valence-corrected chi connectivity index (χ1v) is 7.29. The Balaban J connectivity index is 3.87. The molecule has 0 heterocycles. The van der Waals surface area contributed by atoms with E-state index < -0.39 is 0 Å². The molecule has 0 fully saturated rings. The Labute approximate surface area is 87.8 Å². The van der Waals surface area contributed by atoms with E-state index in [1.165, 1.54) is 17.3 Å². The Bertz CT molecular complexity index is 92.5. The maximum Gasteiger partial charge on any atom is 0.110 e. The van der Waals surface area contributed by atoms with Gasteiger partial charge in [-0.3, -0.25) is 0 Å². The van der Waals surface area contributed by atoms with Crippen LogP contribution in [0.5, 0.6) is 0 Å². The van der Waals surface area contributed by atoms with Crippen LogP contribution < -0.4 is 0 Å². The standard InChI is InChI=1S/C12H27S/c1-10(2)7-13(8-11(3)4)9-12(5)6/h10-12H,7-9H2,1-6H3/q+1. The van der Waals surface area contributed by atoms with Gasteiger partial charge < -0.3 is 0 Å². The van der Waals surface area contributed by atoms with E-state index in [0.29, 0.717) is 10.9 Å². The predicted molar refractivity (Wildman–Crippen MR) is 66.5 cm³/mol. The zero-order valence-corrected chi connectivity index (χ0v) is 11.1. The Morgan fingerprint density at radius 3 is 1.00 bits per heavy atom. The molecule has 0 aromatic heterocycles. The van der Waals surface area contributed by atoms with Crippen molar-refractivity contribution in [1.82, 2.24) is 0 Å². The highest BCUT2D eigenvalue weighted by Gasteiger charge is 2.22. The molecule has 0 saturated carbocycles. The first-order chi connectivity index (χ1) is 5.91. The molecule has 0 aromatic rings. The summed E-state index contributed by atoms with van der Waals surface area (Å²) in [5.41, 5.74) is 0. The van der Waals surface area contributed by atoms with Crippen molar-refractivity contribution in [1.29, 1.82) is 0 Å². The van der Waals surface area contributed by atoms with Crippen LogP contribution in [-0.2, 0) is 10.9 Å². The summed E-state index contributed by atoms with van der Waals surface area (Å²) in [5, 5.41) is 0. The van der Waals surface area contributed by atoms with Gasteiger partial charge in [0.05, 0.1) is 0 Å². The largest absolute Gasteiger partial charge is 0.110 e. The van der Waals surface area contributed by atoms with Crippen LogP contribution in [-0.4, -0.2) is 17.3 Å². The fourth-order valence-corrected chi connectivity index (χ4v) is 4.86. The van der Waals surface area contributed by atoms with Crippen LogP contribution in [0, 0.1) is 17.8 Å². The van der Waals surface area contributed by atoms with Gasteiger partial charge in [0, 0.05) is 0 Å². The molecule has 0 aliphatic heterocycles. The summed E-state index contributed by atoms with van der Waals surface area (Å²) in [4.78, 5) is 0. The van der Waals surface area contributed by atoms with Crippen LogP contribution in [0.15, 0.2) is 0 Å². The van der Waals surface area contributed by atoms with Crippen molar-refractivity contribution in [2.75, 3.05) is 17.3 Å². The summed E-state index contributed by atoms with van der Waals surface area (Å²) in [6, 6.07) is 0. The third kappa shape index (κ3) is 8.67. The lowest BCUT2D eigenvalue weighted by Gasteiger charge is -2.14. The van der Waals surface area contributed by atoms with E-state index in [1.807, 2.05) is 0 Å². The van der Waals surface area contributed by atoms with Crippen molar-refractivity contribution in [3.05, 3.63) is 0 Å². The van der Waals surface area contributed by atoms with Gasteiger partial charge in [-0.15, -0.1) is 0 Å². The second kappa shape index (κ2) is 6.75. The molecule has 0 aliphatic rings. The topological polar surface area (TPSA) is 0 Å². The molecule has 0 nitrogen and oxygen atoms in total. The minimum absolute atomic E-state index is 0.685. The van der Waals surface area contributed by atoms with Crippen molar-refractivity contribution in [2.24, 2.45) is 17.8 Å². The van der Waals surface area contributed by atoms with Crippen molar-refractivity contribution in [3.63, 3.8) is 0 Å². The van der Waals surface area contributed by atoms with Gasteiger partial charge in [-0.05, 0) is 28.6 Å². The molecule has 1 heteroatoms. The third-order valence-electron chi connectivity index (χ3n) is 1.71. The molecule has 0 saturated heterocycles. The molecule has 0 unspecified atom stereocenters. The number of hydrogen-bond donors (Lipinski definition) is 0. The highest BCUT2D eigenvalue weighted by molar-refractivity contribution is 7.96. The normalized spacial score (nSPS) is 12.5.